The summed E-state index contributed by atoms with van der Waals surface area (Å²) in [5, 5.41) is 12.1. The van der Waals surface area contributed by atoms with Gasteiger partial charge in [0.15, 0.2) is 0 Å². The van der Waals surface area contributed by atoms with Gasteiger partial charge >= 0.3 is 5.97 Å². The molecule has 1 aromatic rings. The molecule has 0 saturated heterocycles. The van der Waals surface area contributed by atoms with E-state index < -0.39 is 5.97 Å². The second kappa shape index (κ2) is 8.32. The summed E-state index contributed by atoms with van der Waals surface area (Å²) in [6.07, 6.45) is 8.83. The summed E-state index contributed by atoms with van der Waals surface area (Å²) in [4.78, 5) is 15.3. The summed E-state index contributed by atoms with van der Waals surface area (Å²) >= 11 is 0. The summed E-state index contributed by atoms with van der Waals surface area (Å²) in [5.74, 6) is 0.400. The molecule has 128 valence electrons. The molecule has 4 nitrogen and oxygen atoms in total. The number of nitrogens with one attached hydrogen (secondary N) is 1. The van der Waals surface area contributed by atoms with E-state index in [4.69, 9.17) is 10.1 Å². The van der Waals surface area contributed by atoms with E-state index in [2.05, 4.69) is 31.3 Å². The second-order valence-electron chi connectivity index (χ2n) is 7.46. The maximum absolute atomic E-state index is 10.5. The lowest BCUT2D eigenvalue weighted by atomic mass is 9.82. The molecular formula is C19H30N2O2. The highest BCUT2D eigenvalue weighted by molar-refractivity contribution is 5.66. The zero-order chi connectivity index (χ0) is 16.7. The number of aliphatic carboxylic acids is 1. The van der Waals surface area contributed by atoms with Crippen LogP contribution >= 0.6 is 0 Å². The number of unbranched alkanes of at least 4 members (excludes halogenated alkanes) is 2. The maximum atomic E-state index is 10.5. The van der Waals surface area contributed by atoms with Crippen molar-refractivity contribution in [3.05, 3.63) is 23.4 Å². The van der Waals surface area contributed by atoms with Crippen LogP contribution in [0.1, 0.15) is 70.1 Å². The Morgan fingerprint density at radius 2 is 2.09 bits per heavy atom. The number of anilines is 1. The van der Waals surface area contributed by atoms with Crippen molar-refractivity contribution in [3.8, 4) is 0 Å². The standard InChI is InChI=1S/C19H30N2O2/c1-19(2,12-5-3-4-8-17(22)23)13-11-16-10-9-15-7-6-14-20-18(15)21-16/h9-10H,3-8,11-14H2,1-2H3,(H,20,21)(H,22,23). The average molecular weight is 318 g/mol. The zero-order valence-electron chi connectivity index (χ0n) is 14.5. The Morgan fingerprint density at radius 1 is 1.26 bits per heavy atom. The molecule has 0 saturated carbocycles. The molecule has 0 radical (unpaired) electrons. The van der Waals surface area contributed by atoms with Crippen LogP contribution in [0.2, 0.25) is 0 Å². The van der Waals surface area contributed by atoms with Crippen molar-refractivity contribution in [3.63, 3.8) is 0 Å². The minimum absolute atomic E-state index is 0.286. The summed E-state index contributed by atoms with van der Waals surface area (Å²) in [6.45, 7) is 5.65. The third kappa shape index (κ3) is 6.20. The van der Waals surface area contributed by atoms with Crippen LogP contribution in [0.25, 0.3) is 0 Å². The summed E-state index contributed by atoms with van der Waals surface area (Å²) < 4.78 is 0. The molecule has 0 aliphatic carbocycles. The van der Waals surface area contributed by atoms with E-state index in [-0.39, 0.29) is 5.41 Å². The van der Waals surface area contributed by atoms with Crippen LogP contribution in [0.3, 0.4) is 0 Å². The quantitative estimate of drug-likeness (QED) is 0.661. The van der Waals surface area contributed by atoms with Gasteiger partial charge in [-0.1, -0.05) is 32.8 Å². The summed E-state index contributed by atoms with van der Waals surface area (Å²) in [5.41, 5.74) is 2.81. The molecule has 1 aliphatic rings. The van der Waals surface area contributed by atoms with Gasteiger partial charge in [-0.2, -0.15) is 0 Å². The Bertz CT molecular complexity index is 526. The number of carbonyl (C=O) groups is 1. The first-order valence-corrected chi connectivity index (χ1v) is 8.91. The molecule has 1 aliphatic heterocycles. The van der Waals surface area contributed by atoms with Crippen LogP contribution in [0.5, 0.6) is 0 Å². The van der Waals surface area contributed by atoms with Crippen molar-refractivity contribution < 1.29 is 9.90 Å². The van der Waals surface area contributed by atoms with Gasteiger partial charge in [0, 0.05) is 18.7 Å². The molecule has 0 bridgehead atoms. The van der Waals surface area contributed by atoms with Gasteiger partial charge in [-0.05, 0) is 55.6 Å². The Hall–Kier alpha value is -1.58. The number of rotatable bonds is 9. The second-order valence-corrected chi connectivity index (χ2v) is 7.46. The Balaban J connectivity index is 1.74. The van der Waals surface area contributed by atoms with Gasteiger partial charge < -0.3 is 10.4 Å². The van der Waals surface area contributed by atoms with E-state index in [9.17, 15) is 4.79 Å². The van der Waals surface area contributed by atoms with Gasteiger partial charge in [-0.3, -0.25) is 4.79 Å². The van der Waals surface area contributed by atoms with E-state index in [1.165, 1.54) is 17.7 Å². The molecule has 2 N–H and O–H groups in total. The highest BCUT2D eigenvalue weighted by Crippen LogP contribution is 2.30. The zero-order valence-corrected chi connectivity index (χ0v) is 14.5. The number of carboxylic acid groups (broad SMARTS) is 1. The van der Waals surface area contributed by atoms with Crippen molar-refractivity contribution in [2.45, 2.75) is 71.6 Å². The lowest BCUT2D eigenvalue weighted by Crippen LogP contribution is -2.16. The summed E-state index contributed by atoms with van der Waals surface area (Å²) in [6, 6.07) is 4.40. The highest BCUT2D eigenvalue weighted by atomic mass is 16.4. The molecule has 0 aromatic carbocycles. The average Bonchev–Trinajstić information content (AvgIpc) is 2.52. The molecule has 0 unspecified atom stereocenters. The molecule has 2 heterocycles. The number of pyridine rings is 1. The van der Waals surface area contributed by atoms with Gasteiger partial charge in [-0.15, -0.1) is 0 Å². The topological polar surface area (TPSA) is 62.2 Å². The van der Waals surface area contributed by atoms with E-state index in [1.54, 1.807) is 0 Å². The lowest BCUT2D eigenvalue weighted by Gasteiger charge is -2.25. The minimum atomic E-state index is -0.684. The van der Waals surface area contributed by atoms with Crippen molar-refractivity contribution in [1.29, 1.82) is 0 Å². The number of aryl methyl sites for hydroxylation is 2. The highest BCUT2D eigenvalue weighted by Gasteiger charge is 2.18. The monoisotopic (exact) mass is 318 g/mol. The molecule has 0 atom stereocenters. The predicted octanol–water partition coefficient (Wildman–Crippen LogP) is 4.43. The van der Waals surface area contributed by atoms with Crippen LogP contribution in [0.4, 0.5) is 5.82 Å². The number of carboxylic acids is 1. The first-order valence-electron chi connectivity index (χ1n) is 8.91. The number of nitrogens with zero attached hydrogens (tertiary/aromatic N) is 1. The third-order valence-electron chi connectivity index (χ3n) is 4.75. The molecule has 4 heteroatoms. The first kappa shape index (κ1) is 17.8. The minimum Gasteiger partial charge on any atom is -0.481 e. The van der Waals surface area contributed by atoms with Gasteiger partial charge in [0.05, 0.1) is 0 Å². The van der Waals surface area contributed by atoms with Crippen molar-refractivity contribution >= 4 is 11.8 Å². The normalized spacial score (nSPS) is 14.2. The van der Waals surface area contributed by atoms with E-state index >= 15 is 0 Å². The van der Waals surface area contributed by atoms with Gasteiger partial charge in [0.1, 0.15) is 5.82 Å². The van der Waals surface area contributed by atoms with Crippen LogP contribution in [-0.2, 0) is 17.6 Å². The SMILES string of the molecule is CC(C)(CCCCCC(=O)O)CCc1ccc2c(n1)NCCC2. The Labute approximate surface area is 139 Å². The molecule has 0 spiro atoms. The molecule has 0 fully saturated rings. The fourth-order valence-corrected chi connectivity index (χ4v) is 3.16. The van der Waals surface area contributed by atoms with Gasteiger partial charge in [0.2, 0.25) is 0 Å². The van der Waals surface area contributed by atoms with E-state index in [0.29, 0.717) is 6.42 Å². The van der Waals surface area contributed by atoms with E-state index in [0.717, 1.165) is 57.3 Å². The van der Waals surface area contributed by atoms with Crippen molar-refractivity contribution in [1.82, 2.24) is 4.98 Å². The number of hydrogen-bond acceptors (Lipinski definition) is 3. The fourth-order valence-electron chi connectivity index (χ4n) is 3.16. The molecule has 0 amide bonds. The molecule has 1 aromatic heterocycles. The third-order valence-corrected chi connectivity index (χ3v) is 4.75. The largest absolute Gasteiger partial charge is 0.481 e. The number of aromatic nitrogens is 1. The van der Waals surface area contributed by atoms with Crippen LogP contribution < -0.4 is 5.32 Å². The van der Waals surface area contributed by atoms with E-state index in [1.807, 2.05) is 0 Å². The van der Waals surface area contributed by atoms with Crippen molar-refractivity contribution in [2.75, 3.05) is 11.9 Å². The van der Waals surface area contributed by atoms with Crippen molar-refractivity contribution in [2.24, 2.45) is 5.41 Å². The smallest absolute Gasteiger partial charge is 0.303 e. The van der Waals surface area contributed by atoms with Crippen LogP contribution in [0.15, 0.2) is 12.1 Å². The van der Waals surface area contributed by atoms with Crippen LogP contribution in [0, 0.1) is 5.41 Å². The van der Waals surface area contributed by atoms with Crippen LogP contribution in [-0.4, -0.2) is 22.6 Å². The maximum Gasteiger partial charge on any atom is 0.303 e. The van der Waals surface area contributed by atoms with Gasteiger partial charge in [-0.25, -0.2) is 4.98 Å². The van der Waals surface area contributed by atoms with Gasteiger partial charge in [0.25, 0.3) is 0 Å². The Kier molecular flexibility index (Phi) is 6.43. The fraction of sp³-hybridized carbons (Fsp3) is 0.684. The predicted molar refractivity (Wildman–Crippen MR) is 93.9 cm³/mol. The molecular weight excluding hydrogens is 288 g/mol. The number of fused-ring (bicyclic) bond motifs is 1. The first-order chi connectivity index (χ1) is 11.0. The lowest BCUT2D eigenvalue weighted by molar-refractivity contribution is -0.137. The molecule has 2 rings (SSSR count). The summed E-state index contributed by atoms with van der Waals surface area (Å²) in [7, 11) is 0. The Morgan fingerprint density at radius 3 is 2.87 bits per heavy atom. The number of hydrogen-bond donors (Lipinski definition) is 2. The molecule has 23 heavy (non-hydrogen) atoms.